The smallest absolute Gasteiger partial charge is 0.181 e. The number of hydrogen-bond acceptors (Lipinski definition) is 4. The fourth-order valence-electron chi connectivity index (χ4n) is 3.89. The Morgan fingerprint density at radius 1 is 1.44 bits per heavy atom. The second kappa shape index (κ2) is 6.89. The maximum atomic E-state index is 11.2. The first-order valence-corrected chi connectivity index (χ1v) is 9.00. The molecule has 0 spiro atoms. The lowest BCUT2D eigenvalue weighted by molar-refractivity contribution is -0.0206. The Labute approximate surface area is 153 Å². The number of aromatic amines is 1. The van der Waals surface area contributed by atoms with Crippen LogP contribution in [0.3, 0.4) is 0 Å². The predicted octanol–water partition coefficient (Wildman–Crippen LogP) is 4.11. The van der Waals surface area contributed by atoms with Gasteiger partial charge < -0.3 is 14.7 Å². The van der Waals surface area contributed by atoms with Crippen molar-refractivity contribution in [1.29, 1.82) is 0 Å². The highest BCUT2D eigenvalue weighted by molar-refractivity contribution is 6.31. The molecule has 6 heteroatoms. The number of rotatable bonds is 5. The molecule has 25 heavy (non-hydrogen) atoms. The number of methoxy groups -OCH3 is 1. The van der Waals surface area contributed by atoms with Crippen LogP contribution in [0.4, 0.5) is 0 Å². The van der Waals surface area contributed by atoms with E-state index in [2.05, 4.69) is 35.5 Å². The first kappa shape index (κ1) is 18.1. The zero-order valence-corrected chi connectivity index (χ0v) is 15.8. The van der Waals surface area contributed by atoms with Crippen LogP contribution in [-0.4, -0.2) is 40.4 Å². The highest BCUT2D eigenvalue weighted by atomic mass is 35.5. The lowest BCUT2D eigenvalue weighted by Crippen LogP contribution is -2.41. The molecular weight excluding hydrogens is 338 g/mol. The molecule has 0 radical (unpaired) electrons. The van der Waals surface area contributed by atoms with Crippen molar-refractivity contribution in [2.45, 2.75) is 32.8 Å². The van der Waals surface area contributed by atoms with Crippen molar-refractivity contribution in [1.82, 2.24) is 15.1 Å². The van der Waals surface area contributed by atoms with Crippen molar-refractivity contribution in [2.75, 3.05) is 20.2 Å². The third kappa shape index (κ3) is 3.35. The third-order valence-corrected chi connectivity index (χ3v) is 5.90. The number of hydrogen-bond donors (Lipinski definition) is 2. The SMILES string of the molecule is C=C(OC)N1CCC(C(C)(C)C(O)c2cc(Cl)cc3cn[nH]c23)CC1. The maximum absolute atomic E-state index is 11.2. The normalized spacial score (nSPS) is 17.7. The lowest BCUT2D eigenvalue weighted by atomic mass is 9.68. The highest BCUT2D eigenvalue weighted by Crippen LogP contribution is 2.46. The van der Waals surface area contributed by atoms with Gasteiger partial charge in [0.1, 0.15) is 0 Å². The van der Waals surface area contributed by atoms with Crippen LogP contribution < -0.4 is 0 Å². The number of fused-ring (bicyclic) bond motifs is 1. The van der Waals surface area contributed by atoms with E-state index in [9.17, 15) is 5.11 Å². The van der Waals surface area contributed by atoms with Gasteiger partial charge in [0.05, 0.1) is 24.9 Å². The Morgan fingerprint density at radius 3 is 2.76 bits per heavy atom. The first-order valence-electron chi connectivity index (χ1n) is 8.63. The molecule has 1 fully saturated rings. The van der Waals surface area contributed by atoms with Crippen molar-refractivity contribution in [2.24, 2.45) is 11.3 Å². The van der Waals surface area contributed by atoms with E-state index in [1.165, 1.54) is 0 Å². The van der Waals surface area contributed by atoms with Gasteiger partial charge >= 0.3 is 0 Å². The summed E-state index contributed by atoms with van der Waals surface area (Å²) in [5.41, 5.74) is 1.38. The quantitative estimate of drug-likeness (QED) is 0.785. The van der Waals surface area contributed by atoms with Crippen LogP contribution >= 0.6 is 11.6 Å². The van der Waals surface area contributed by atoms with Crippen LogP contribution in [0, 0.1) is 11.3 Å². The van der Waals surface area contributed by atoms with E-state index in [0.29, 0.717) is 16.8 Å². The molecule has 1 atom stereocenters. The molecular formula is C19H26ClN3O2. The fourth-order valence-corrected chi connectivity index (χ4v) is 4.12. The van der Waals surface area contributed by atoms with Gasteiger partial charge in [0.25, 0.3) is 0 Å². The van der Waals surface area contributed by atoms with Gasteiger partial charge in [-0.1, -0.05) is 25.4 Å². The summed E-state index contributed by atoms with van der Waals surface area (Å²) in [6, 6.07) is 3.70. The van der Waals surface area contributed by atoms with Crippen LogP contribution in [0.5, 0.6) is 0 Å². The summed E-state index contributed by atoms with van der Waals surface area (Å²) in [4.78, 5) is 2.16. The Kier molecular flexibility index (Phi) is 4.98. The highest BCUT2D eigenvalue weighted by Gasteiger charge is 2.40. The van der Waals surface area contributed by atoms with E-state index in [1.807, 2.05) is 12.1 Å². The molecule has 1 aliphatic rings. The van der Waals surface area contributed by atoms with Gasteiger partial charge in [-0.15, -0.1) is 0 Å². The molecule has 0 bridgehead atoms. The van der Waals surface area contributed by atoms with Crippen molar-refractivity contribution in [3.63, 3.8) is 0 Å². The van der Waals surface area contributed by atoms with Crippen LogP contribution in [-0.2, 0) is 4.74 Å². The van der Waals surface area contributed by atoms with Gasteiger partial charge in [-0.25, -0.2) is 0 Å². The predicted molar refractivity (Wildman–Crippen MR) is 100 cm³/mol. The molecule has 0 aliphatic carbocycles. The zero-order valence-electron chi connectivity index (χ0n) is 15.1. The van der Waals surface area contributed by atoms with Crippen LogP contribution in [0.25, 0.3) is 10.9 Å². The van der Waals surface area contributed by atoms with E-state index in [4.69, 9.17) is 16.3 Å². The molecule has 1 aromatic carbocycles. The Hall–Kier alpha value is -1.72. The number of halogens is 1. The molecule has 2 heterocycles. The fraction of sp³-hybridized carbons (Fsp3) is 0.526. The number of H-pyrrole nitrogens is 1. The summed E-state index contributed by atoms with van der Waals surface area (Å²) < 4.78 is 5.24. The molecule has 1 saturated heterocycles. The van der Waals surface area contributed by atoms with Crippen molar-refractivity contribution >= 4 is 22.5 Å². The lowest BCUT2D eigenvalue weighted by Gasteiger charge is -2.44. The summed E-state index contributed by atoms with van der Waals surface area (Å²) in [7, 11) is 1.65. The maximum Gasteiger partial charge on any atom is 0.181 e. The van der Waals surface area contributed by atoms with Crippen LogP contribution in [0.1, 0.15) is 38.4 Å². The topological polar surface area (TPSA) is 61.4 Å². The van der Waals surface area contributed by atoms with Gasteiger partial charge in [0.15, 0.2) is 5.88 Å². The van der Waals surface area contributed by atoms with Crippen molar-refractivity contribution in [3.8, 4) is 0 Å². The summed E-state index contributed by atoms with van der Waals surface area (Å²) in [6.45, 7) is 9.98. The number of aliphatic hydroxyl groups is 1. The molecule has 136 valence electrons. The minimum atomic E-state index is -0.628. The monoisotopic (exact) mass is 363 g/mol. The summed E-state index contributed by atoms with van der Waals surface area (Å²) in [5, 5.41) is 19.8. The van der Waals surface area contributed by atoms with Gasteiger partial charge in [-0.05, 0) is 42.9 Å². The molecule has 1 unspecified atom stereocenters. The van der Waals surface area contributed by atoms with E-state index in [-0.39, 0.29) is 5.41 Å². The van der Waals surface area contributed by atoms with Crippen molar-refractivity contribution < 1.29 is 9.84 Å². The average Bonchev–Trinajstić information content (AvgIpc) is 3.08. The number of nitrogens with zero attached hydrogens (tertiary/aromatic N) is 2. The minimum Gasteiger partial charge on any atom is -0.483 e. The van der Waals surface area contributed by atoms with E-state index >= 15 is 0 Å². The molecule has 2 aromatic rings. The van der Waals surface area contributed by atoms with E-state index in [1.54, 1.807) is 13.3 Å². The number of ether oxygens (including phenoxy) is 1. The average molecular weight is 364 g/mol. The number of benzene rings is 1. The molecule has 3 rings (SSSR count). The van der Waals surface area contributed by atoms with E-state index < -0.39 is 6.10 Å². The Morgan fingerprint density at radius 2 is 2.12 bits per heavy atom. The largest absolute Gasteiger partial charge is 0.483 e. The number of nitrogens with one attached hydrogen (secondary N) is 1. The van der Waals surface area contributed by atoms with Gasteiger partial charge in [0, 0.05) is 29.1 Å². The number of aliphatic hydroxyl groups excluding tert-OH is 1. The molecule has 5 nitrogen and oxygen atoms in total. The Balaban J connectivity index is 1.82. The van der Waals surface area contributed by atoms with E-state index in [0.717, 1.165) is 42.4 Å². The molecule has 0 saturated carbocycles. The van der Waals surface area contributed by atoms with Crippen LogP contribution in [0.2, 0.25) is 5.02 Å². The molecule has 2 N–H and O–H groups in total. The van der Waals surface area contributed by atoms with Crippen LogP contribution in [0.15, 0.2) is 30.8 Å². The number of likely N-dealkylation sites (tertiary alicyclic amines) is 1. The van der Waals surface area contributed by atoms with Gasteiger partial charge in [-0.2, -0.15) is 5.10 Å². The Bertz CT molecular complexity index is 763. The second-order valence-electron chi connectivity index (χ2n) is 7.41. The first-order chi connectivity index (χ1) is 11.8. The molecule has 1 aliphatic heterocycles. The zero-order chi connectivity index (χ0) is 18.2. The standard InChI is InChI=1S/C19H26ClN3O2/c1-12(25-4)23-7-5-14(6-8-23)19(2,3)18(24)16-10-15(20)9-13-11-21-22-17(13)16/h9-11,14,18,24H,1,5-8H2,2-4H3,(H,21,22). The number of piperidine rings is 1. The third-order valence-electron chi connectivity index (χ3n) is 5.68. The van der Waals surface area contributed by atoms with Gasteiger partial charge in [0.2, 0.25) is 0 Å². The summed E-state index contributed by atoms with van der Waals surface area (Å²) in [5.74, 6) is 1.10. The second-order valence-corrected chi connectivity index (χ2v) is 7.85. The molecule has 0 amide bonds. The molecule has 1 aromatic heterocycles. The summed E-state index contributed by atoms with van der Waals surface area (Å²) in [6.07, 6.45) is 3.08. The van der Waals surface area contributed by atoms with Gasteiger partial charge in [-0.3, -0.25) is 5.10 Å². The van der Waals surface area contributed by atoms with Crippen molar-refractivity contribution in [3.05, 3.63) is 41.4 Å². The number of aromatic nitrogens is 2. The summed E-state index contributed by atoms with van der Waals surface area (Å²) >= 11 is 6.25. The minimum absolute atomic E-state index is 0.288.